The molecule has 4 nitrogen and oxygen atoms in total. The van der Waals surface area contributed by atoms with Crippen LogP contribution in [0.2, 0.25) is 0 Å². The lowest BCUT2D eigenvalue weighted by molar-refractivity contribution is -0.104. The summed E-state index contributed by atoms with van der Waals surface area (Å²) in [6.07, 6.45) is 4.78. The predicted molar refractivity (Wildman–Crippen MR) is 56.7 cm³/mol. The molecule has 0 amide bonds. The molecule has 0 aliphatic carbocycles. The van der Waals surface area contributed by atoms with Crippen molar-refractivity contribution in [3.8, 4) is 0 Å². The summed E-state index contributed by atoms with van der Waals surface area (Å²) in [5.74, 6) is 0. The zero-order chi connectivity index (χ0) is 10.5. The standard InChI is InChI=1S/C11H21NO3/c12-10-4-6-13-8-11(10)15-7-9-3-1-2-5-14-9/h9-11H,1-8,12H2/t9-,10-,11-/m0/s1. The van der Waals surface area contributed by atoms with E-state index in [2.05, 4.69) is 0 Å². The number of nitrogens with two attached hydrogens (primary N) is 1. The maximum Gasteiger partial charge on any atom is 0.0960 e. The van der Waals surface area contributed by atoms with Crippen LogP contribution in [0.3, 0.4) is 0 Å². The molecular formula is C11H21NO3. The van der Waals surface area contributed by atoms with E-state index in [1.165, 1.54) is 12.8 Å². The molecule has 0 unspecified atom stereocenters. The first-order valence-electron chi connectivity index (χ1n) is 5.93. The van der Waals surface area contributed by atoms with Gasteiger partial charge in [0.05, 0.1) is 25.4 Å². The van der Waals surface area contributed by atoms with Gasteiger partial charge in [-0.05, 0) is 25.7 Å². The van der Waals surface area contributed by atoms with Crippen LogP contribution in [0.4, 0.5) is 0 Å². The Kier molecular flexibility index (Phi) is 4.38. The van der Waals surface area contributed by atoms with Crippen molar-refractivity contribution in [3.05, 3.63) is 0 Å². The number of rotatable bonds is 3. The molecule has 15 heavy (non-hydrogen) atoms. The van der Waals surface area contributed by atoms with Gasteiger partial charge in [0.1, 0.15) is 0 Å². The molecule has 0 saturated carbocycles. The molecule has 0 spiro atoms. The molecule has 0 bridgehead atoms. The van der Waals surface area contributed by atoms with Gasteiger partial charge in [-0.15, -0.1) is 0 Å². The summed E-state index contributed by atoms with van der Waals surface area (Å²) in [6.45, 7) is 2.94. The van der Waals surface area contributed by atoms with E-state index in [0.29, 0.717) is 13.2 Å². The van der Waals surface area contributed by atoms with E-state index in [-0.39, 0.29) is 18.2 Å². The first-order chi connectivity index (χ1) is 7.36. The van der Waals surface area contributed by atoms with E-state index in [1.54, 1.807) is 0 Å². The van der Waals surface area contributed by atoms with Crippen molar-refractivity contribution in [1.82, 2.24) is 0 Å². The lowest BCUT2D eigenvalue weighted by atomic mass is 10.1. The molecule has 0 radical (unpaired) electrons. The normalized spacial score (nSPS) is 37.8. The van der Waals surface area contributed by atoms with Crippen LogP contribution in [0.5, 0.6) is 0 Å². The summed E-state index contributed by atoms with van der Waals surface area (Å²) in [4.78, 5) is 0. The SMILES string of the molecule is N[C@H]1CCOC[C@@H]1OC[C@@H]1CCCCO1. The Bertz CT molecular complexity index is 183. The molecule has 2 saturated heterocycles. The first kappa shape index (κ1) is 11.3. The van der Waals surface area contributed by atoms with Gasteiger partial charge in [0.2, 0.25) is 0 Å². The average molecular weight is 215 g/mol. The van der Waals surface area contributed by atoms with Crippen LogP contribution in [0.25, 0.3) is 0 Å². The fraction of sp³-hybridized carbons (Fsp3) is 1.00. The highest BCUT2D eigenvalue weighted by Gasteiger charge is 2.24. The third kappa shape index (κ3) is 3.41. The molecular weight excluding hydrogens is 194 g/mol. The Morgan fingerprint density at radius 2 is 2.13 bits per heavy atom. The minimum Gasteiger partial charge on any atom is -0.379 e. The molecule has 2 N–H and O–H groups in total. The number of hydrogen-bond donors (Lipinski definition) is 1. The average Bonchev–Trinajstić information content (AvgIpc) is 2.29. The van der Waals surface area contributed by atoms with E-state index >= 15 is 0 Å². The molecule has 3 atom stereocenters. The highest BCUT2D eigenvalue weighted by Crippen LogP contribution is 2.15. The molecule has 4 heteroatoms. The molecule has 2 heterocycles. The van der Waals surface area contributed by atoms with E-state index in [4.69, 9.17) is 19.9 Å². The van der Waals surface area contributed by atoms with Crippen molar-refractivity contribution >= 4 is 0 Å². The topological polar surface area (TPSA) is 53.7 Å². The molecule has 2 aliphatic rings. The molecule has 0 aromatic rings. The maximum absolute atomic E-state index is 5.95. The van der Waals surface area contributed by atoms with Crippen LogP contribution >= 0.6 is 0 Å². The quantitative estimate of drug-likeness (QED) is 0.752. The Hall–Kier alpha value is -0.160. The second-order valence-electron chi connectivity index (χ2n) is 4.39. The summed E-state index contributed by atoms with van der Waals surface area (Å²) in [5.41, 5.74) is 5.95. The van der Waals surface area contributed by atoms with Gasteiger partial charge in [-0.1, -0.05) is 0 Å². The third-order valence-electron chi connectivity index (χ3n) is 3.13. The first-order valence-corrected chi connectivity index (χ1v) is 5.93. The van der Waals surface area contributed by atoms with E-state index in [1.807, 2.05) is 0 Å². The van der Waals surface area contributed by atoms with Crippen molar-refractivity contribution in [3.63, 3.8) is 0 Å². The van der Waals surface area contributed by atoms with E-state index in [9.17, 15) is 0 Å². The molecule has 2 fully saturated rings. The minimum absolute atomic E-state index is 0.0595. The van der Waals surface area contributed by atoms with Crippen molar-refractivity contribution in [2.24, 2.45) is 5.73 Å². The summed E-state index contributed by atoms with van der Waals surface area (Å²) >= 11 is 0. The van der Waals surface area contributed by atoms with Gasteiger partial charge in [-0.25, -0.2) is 0 Å². The predicted octanol–water partition coefficient (Wildman–Crippen LogP) is 0.688. The Morgan fingerprint density at radius 1 is 1.20 bits per heavy atom. The number of ether oxygens (including phenoxy) is 3. The Labute approximate surface area is 91.1 Å². The zero-order valence-electron chi connectivity index (χ0n) is 9.19. The van der Waals surface area contributed by atoms with Crippen LogP contribution < -0.4 is 5.73 Å². The van der Waals surface area contributed by atoms with Crippen LogP contribution in [0.15, 0.2) is 0 Å². The van der Waals surface area contributed by atoms with E-state index in [0.717, 1.165) is 26.1 Å². The van der Waals surface area contributed by atoms with Gasteiger partial charge in [0.15, 0.2) is 0 Å². The molecule has 2 rings (SSSR count). The van der Waals surface area contributed by atoms with Gasteiger partial charge in [-0.2, -0.15) is 0 Å². The number of hydrogen-bond acceptors (Lipinski definition) is 4. The summed E-state index contributed by atoms with van der Waals surface area (Å²) < 4.78 is 16.7. The van der Waals surface area contributed by atoms with Crippen LogP contribution in [-0.2, 0) is 14.2 Å². The van der Waals surface area contributed by atoms with Gasteiger partial charge in [0.25, 0.3) is 0 Å². The monoisotopic (exact) mass is 215 g/mol. The van der Waals surface area contributed by atoms with Crippen LogP contribution in [0.1, 0.15) is 25.7 Å². The largest absolute Gasteiger partial charge is 0.379 e. The Morgan fingerprint density at radius 3 is 2.87 bits per heavy atom. The van der Waals surface area contributed by atoms with E-state index < -0.39 is 0 Å². The lowest BCUT2D eigenvalue weighted by Gasteiger charge is -2.31. The zero-order valence-corrected chi connectivity index (χ0v) is 9.19. The smallest absolute Gasteiger partial charge is 0.0960 e. The highest BCUT2D eigenvalue weighted by molar-refractivity contribution is 4.77. The second-order valence-corrected chi connectivity index (χ2v) is 4.39. The second kappa shape index (κ2) is 5.80. The van der Waals surface area contributed by atoms with Gasteiger partial charge in [-0.3, -0.25) is 0 Å². The van der Waals surface area contributed by atoms with Gasteiger partial charge < -0.3 is 19.9 Å². The molecule has 0 aromatic heterocycles. The minimum atomic E-state index is 0.0595. The lowest BCUT2D eigenvalue weighted by Crippen LogP contribution is -2.45. The van der Waals surface area contributed by atoms with Crippen molar-refractivity contribution < 1.29 is 14.2 Å². The third-order valence-corrected chi connectivity index (χ3v) is 3.13. The van der Waals surface area contributed by atoms with Crippen LogP contribution in [-0.4, -0.2) is 44.7 Å². The summed E-state index contributed by atoms with van der Waals surface area (Å²) in [5, 5.41) is 0. The van der Waals surface area contributed by atoms with Crippen LogP contribution in [0, 0.1) is 0 Å². The molecule has 2 aliphatic heterocycles. The maximum atomic E-state index is 5.95. The highest BCUT2D eigenvalue weighted by atomic mass is 16.6. The summed E-state index contributed by atoms with van der Waals surface area (Å²) in [7, 11) is 0. The summed E-state index contributed by atoms with van der Waals surface area (Å²) in [6, 6.07) is 0.127. The van der Waals surface area contributed by atoms with Crippen molar-refractivity contribution in [2.75, 3.05) is 26.4 Å². The van der Waals surface area contributed by atoms with Crippen molar-refractivity contribution in [1.29, 1.82) is 0 Å². The Balaban J connectivity index is 1.67. The van der Waals surface area contributed by atoms with Gasteiger partial charge in [0, 0.05) is 19.3 Å². The fourth-order valence-electron chi connectivity index (χ4n) is 2.07. The fourth-order valence-corrected chi connectivity index (χ4v) is 2.07. The van der Waals surface area contributed by atoms with Gasteiger partial charge >= 0.3 is 0 Å². The molecule has 88 valence electrons. The van der Waals surface area contributed by atoms with Crippen molar-refractivity contribution in [2.45, 2.75) is 43.9 Å². The molecule has 0 aromatic carbocycles.